The van der Waals surface area contributed by atoms with E-state index in [0.29, 0.717) is 6.54 Å². The maximum Gasteiger partial charge on any atom is 0.230 e. The molecule has 0 bridgehead atoms. The van der Waals surface area contributed by atoms with Crippen LogP contribution in [0, 0.1) is 5.92 Å². The highest BCUT2D eigenvalue weighted by Gasteiger charge is 2.17. The number of amides is 1. The molecule has 0 saturated heterocycles. The molecule has 0 fully saturated rings. The van der Waals surface area contributed by atoms with Crippen LogP contribution >= 0.6 is 27.3 Å². The van der Waals surface area contributed by atoms with Crippen LogP contribution in [-0.2, 0) is 11.3 Å². The van der Waals surface area contributed by atoms with Crippen molar-refractivity contribution in [3.8, 4) is 0 Å². The van der Waals surface area contributed by atoms with Gasteiger partial charge in [-0.25, -0.2) is 0 Å². The maximum atomic E-state index is 11.5. The number of carbonyl (C=O) groups is 1. The number of amidine groups is 1. The number of nitrogens with two attached hydrogens (primary N) is 1. The number of hydrogen-bond acceptors (Lipinski definition) is 4. The normalized spacial score (nSPS) is 13.5. The van der Waals surface area contributed by atoms with Gasteiger partial charge in [-0.3, -0.25) is 4.79 Å². The molecule has 0 saturated carbocycles. The van der Waals surface area contributed by atoms with Crippen molar-refractivity contribution < 1.29 is 10.0 Å². The fraction of sp³-hybridized carbons (Fsp3) is 0.333. The second-order valence-electron chi connectivity index (χ2n) is 3.20. The molecule has 0 aliphatic heterocycles. The average Bonchev–Trinajstić information content (AvgIpc) is 2.69. The molecule has 16 heavy (non-hydrogen) atoms. The van der Waals surface area contributed by atoms with Gasteiger partial charge in [0.2, 0.25) is 5.91 Å². The van der Waals surface area contributed by atoms with E-state index < -0.39 is 5.92 Å². The van der Waals surface area contributed by atoms with Gasteiger partial charge in [0.25, 0.3) is 0 Å². The second-order valence-corrected chi connectivity index (χ2v) is 5.11. The summed E-state index contributed by atoms with van der Waals surface area (Å²) in [5.41, 5.74) is 5.32. The van der Waals surface area contributed by atoms with E-state index in [1.54, 1.807) is 18.3 Å². The number of oxime groups is 1. The number of halogens is 1. The van der Waals surface area contributed by atoms with Crippen LogP contribution in [0.15, 0.2) is 21.1 Å². The van der Waals surface area contributed by atoms with Crippen molar-refractivity contribution in [2.45, 2.75) is 13.5 Å². The minimum absolute atomic E-state index is 0.0927. The zero-order chi connectivity index (χ0) is 12.1. The second kappa shape index (κ2) is 5.86. The molecule has 0 aliphatic carbocycles. The first kappa shape index (κ1) is 13.0. The highest BCUT2D eigenvalue weighted by Crippen LogP contribution is 2.19. The lowest BCUT2D eigenvalue weighted by Crippen LogP contribution is -2.36. The number of nitrogens with zero attached hydrogens (tertiary/aromatic N) is 1. The fourth-order valence-corrected chi connectivity index (χ4v) is 2.39. The van der Waals surface area contributed by atoms with Gasteiger partial charge in [-0.2, -0.15) is 0 Å². The van der Waals surface area contributed by atoms with E-state index >= 15 is 0 Å². The van der Waals surface area contributed by atoms with E-state index in [0.717, 1.165) is 9.35 Å². The molecule has 0 aliphatic rings. The molecular formula is C9H12BrN3O2S. The molecule has 1 aromatic heterocycles. The Hall–Kier alpha value is -1.08. The van der Waals surface area contributed by atoms with Crippen LogP contribution < -0.4 is 11.1 Å². The fourth-order valence-electron chi connectivity index (χ4n) is 0.995. The van der Waals surface area contributed by atoms with Crippen molar-refractivity contribution >= 4 is 39.0 Å². The van der Waals surface area contributed by atoms with Crippen LogP contribution in [0.2, 0.25) is 0 Å². The molecule has 7 heteroatoms. The summed E-state index contributed by atoms with van der Waals surface area (Å²) in [6, 6.07) is 1.93. The predicted octanol–water partition coefficient (Wildman–Crippen LogP) is 1.51. The van der Waals surface area contributed by atoms with Gasteiger partial charge in [0.15, 0.2) is 5.84 Å². The predicted molar refractivity (Wildman–Crippen MR) is 66.4 cm³/mol. The standard InChI is InChI=1S/C9H12BrN3O2S/c1-5(8(11)13-15)9(14)12-3-7-2-6(10)4-16-7/h2,4-5,15H,3H2,1H3,(H2,11,13)(H,12,14). The molecule has 1 atom stereocenters. The first-order valence-electron chi connectivity index (χ1n) is 4.52. The summed E-state index contributed by atoms with van der Waals surface area (Å²) in [5, 5.41) is 15.9. The van der Waals surface area contributed by atoms with Crippen molar-refractivity contribution in [2.24, 2.45) is 16.8 Å². The van der Waals surface area contributed by atoms with Crippen molar-refractivity contribution in [1.29, 1.82) is 0 Å². The number of rotatable bonds is 4. The maximum absolute atomic E-state index is 11.5. The molecule has 88 valence electrons. The Bertz CT molecular complexity index is 405. The van der Waals surface area contributed by atoms with E-state index in [-0.39, 0.29) is 11.7 Å². The summed E-state index contributed by atoms with van der Waals surface area (Å²) in [7, 11) is 0. The number of thiophene rings is 1. The lowest BCUT2D eigenvalue weighted by molar-refractivity contribution is -0.122. The Kier molecular flexibility index (Phi) is 4.75. The van der Waals surface area contributed by atoms with Crippen molar-refractivity contribution in [1.82, 2.24) is 5.32 Å². The van der Waals surface area contributed by atoms with Crippen LogP contribution in [0.5, 0.6) is 0 Å². The minimum Gasteiger partial charge on any atom is -0.409 e. The molecule has 4 N–H and O–H groups in total. The van der Waals surface area contributed by atoms with E-state index in [4.69, 9.17) is 10.9 Å². The van der Waals surface area contributed by atoms with Crippen molar-refractivity contribution in [3.63, 3.8) is 0 Å². The summed E-state index contributed by atoms with van der Waals surface area (Å²) in [6.07, 6.45) is 0. The molecule has 0 radical (unpaired) electrons. The van der Waals surface area contributed by atoms with Crippen LogP contribution in [0.3, 0.4) is 0 Å². The quantitative estimate of drug-likeness (QED) is 0.341. The van der Waals surface area contributed by atoms with E-state index in [9.17, 15) is 4.79 Å². The Morgan fingerprint density at radius 2 is 2.50 bits per heavy atom. The molecule has 5 nitrogen and oxygen atoms in total. The van der Waals surface area contributed by atoms with Crippen LogP contribution in [0.1, 0.15) is 11.8 Å². The Labute approximate surface area is 105 Å². The molecule has 1 unspecified atom stereocenters. The van der Waals surface area contributed by atoms with E-state index in [1.807, 2.05) is 11.4 Å². The Balaban J connectivity index is 2.47. The highest BCUT2D eigenvalue weighted by atomic mass is 79.9. The summed E-state index contributed by atoms with van der Waals surface area (Å²) < 4.78 is 0.992. The molecule has 1 aromatic rings. The molecule has 0 aromatic carbocycles. The van der Waals surface area contributed by atoms with Crippen LogP contribution in [-0.4, -0.2) is 17.0 Å². The Morgan fingerprint density at radius 3 is 3.00 bits per heavy atom. The number of nitrogens with one attached hydrogen (secondary N) is 1. The molecule has 0 spiro atoms. The third-order valence-corrected chi connectivity index (χ3v) is 3.71. The van der Waals surface area contributed by atoms with Crippen LogP contribution in [0.25, 0.3) is 0 Å². The highest BCUT2D eigenvalue weighted by molar-refractivity contribution is 9.10. The van der Waals surface area contributed by atoms with Gasteiger partial charge in [0, 0.05) is 14.7 Å². The van der Waals surface area contributed by atoms with E-state index in [2.05, 4.69) is 26.4 Å². The van der Waals surface area contributed by atoms with Crippen molar-refractivity contribution in [2.75, 3.05) is 0 Å². The van der Waals surface area contributed by atoms with Gasteiger partial charge in [0.1, 0.15) is 0 Å². The van der Waals surface area contributed by atoms with Crippen molar-refractivity contribution in [3.05, 3.63) is 20.8 Å². The Morgan fingerprint density at radius 1 is 1.81 bits per heavy atom. The summed E-state index contributed by atoms with van der Waals surface area (Å²) >= 11 is 4.87. The summed E-state index contributed by atoms with van der Waals surface area (Å²) in [5.74, 6) is -0.988. The molecular weight excluding hydrogens is 294 g/mol. The topological polar surface area (TPSA) is 87.7 Å². The zero-order valence-corrected chi connectivity index (χ0v) is 11.0. The number of hydrogen-bond donors (Lipinski definition) is 3. The SMILES string of the molecule is CC(C(=O)NCc1cc(Br)cs1)C(N)=NO. The largest absolute Gasteiger partial charge is 0.409 e. The lowest BCUT2D eigenvalue weighted by Gasteiger charge is -2.09. The van der Waals surface area contributed by atoms with Crippen LogP contribution in [0.4, 0.5) is 0 Å². The van der Waals surface area contributed by atoms with Gasteiger partial charge in [-0.15, -0.1) is 11.3 Å². The van der Waals surface area contributed by atoms with Gasteiger partial charge >= 0.3 is 0 Å². The van der Waals surface area contributed by atoms with Gasteiger partial charge in [0.05, 0.1) is 12.5 Å². The van der Waals surface area contributed by atoms with E-state index in [1.165, 1.54) is 0 Å². The first-order chi connectivity index (χ1) is 7.54. The van der Waals surface area contributed by atoms with Gasteiger partial charge in [-0.1, -0.05) is 5.16 Å². The zero-order valence-electron chi connectivity index (χ0n) is 8.61. The molecule has 1 rings (SSSR count). The monoisotopic (exact) mass is 305 g/mol. The first-order valence-corrected chi connectivity index (χ1v) is 6.20. The summed E-state index contributed by atoms with van der Waals surface area (Å²) in [6.45, 7) is 2.02. The summed E-state index contributed by atoms with van der Waals surface area (Å²) in [4.78, 5) is 12.6. The minimum atomic E-state index is -0.631. The van der Waals surface area contributed by atoms with Gasteiger partial charge < -0.3 is 16.3 Å². The smallest absolute Gasteiger partial charge is 0.230 e. The number of carbonyl (C=O) groups excluding carboxylic acids is 1. The third-order valence-electron chi connectivity index (χ3n) is 2.01. The average molecular weight is 306 g/mol. The third kappa shape index (κ3) is 3.49. The lowest BCUT2D eigenvalue weighted by atomic mass is 10.1. The van der Waals surface area contributed by atoms with Gasteiger partial charge in [-0.05, 0) is 28.9 Å². The molecule has 1 heterocycles. The molecule has 1 amide bonds.